The normalized spacial score (nSPS) is 18.7. The molecule has 1 saturated heterocycles. The molecule has 0 bridgehead atoms. The van der Waals surface area contributed by atoms with Crippen LogP contribution in [0.5, 0.6) is 0 Å². The van der Waals surface area contributed by atoms with E-state index < -0.39 is 0 Å². The summed E-state index contributed by atoms with van der Waals surface area (Å²) in [4.78, 5) is 16.0. The Kier molecular flexibility index (Phi) is 3.64. The molecular formula is C12H15ClN2O2. The summed E-state index contributed by atoms with van der Waals surface area (Å²) in [5, 5.41) is 3.51. The highest BCUT2D eigenvalue weighted by atomic mass is 35.5. The van der Waals surface area contributed by atoms with Crippen molar-refractivity contribution in [2.75, 3.05) is 13.2 Å². The van der Waals surface area contributed by atoms with Crippen molar-refractivity contribution in [2.24, 2.45) is 0 Å². The Morgan fingerprint density at radius 2 is 2.24 bits per heavy atom. The van der Waals surface area contributed by atoms with E-state index in [1.807, 2.05) is 6.92 Å². The first-order valence-electron chi connectivity index (χ1n) is 5.61. The second-order valence-corrected chi connectivity index (χ2v) is 4.92. The van der Waals surface area contributed by atoms with E-state index in [2.05, 4.69) is 10.3 Å². The Hall–Kier alpha value is -1.13. The number of rotatable bonds is 2. The molecule has 1 fully saturated rings. The lowest BCUT2D eigenvalue weighted by atomic mass is 9.92. The zero-order valence-electron chi connectivity index (χ0n) is 9.70. The number of carbonyl (C=O) groups is 1. The predicted molar refractivity (Wildman–Crippen MR) is 65.2 cm³/mol. The van der Waals surface area contributed by atoms with E-state index in [0.29, 0.717) is 23.9 Å². The van der Waals surface area contributed by atoms with Crippen LogP contribution in [0.15, 0.2) is 18.3 Å². The molecule has 1 amide bonds. The summed E-state index contributed by atoms with van der Waals surface area (Å²) >= 11 is 5.83. The Labute approximate surface area is 105 Å². The Bertz CT molecular complexity index is 417. The van der Waals surface area contributed by atoms with Gasteiger partial charge in [-0.3, -0.25) is 9.78 Å². The number of hydrogen-bond acceptors (Lipinski definition) is 3. The molecule has 1 aliphatic rings. The summed E-state index contributed by atoms with van der Waals surface area (Å²) in [6.45, 7) is 3.39. The molecule has 92 valence electrons. The number of ether oxygens (including phenoxy) is 1. The van der Waals surface area contributed by atoms with Crippen LogP contribution < -0.4 is 5.32 Å². The van der Waals surface area contributed by atoms with Gasteiger partial charge in [0.15, 0.2) is 0 Å². The molecule has 0 saturated carbocycles. The summed E-state index contributed by atoms with van der Waals surface area (Å²) < 4.78 is 5.28. The van der Waals surface area contributed by atoms with Crippen molar-refractivity contribution >= 4 is 17.5 Å². The second-order valence-electron chi connectivity index (χ2n) is 4.49. The van der Waals surface area contributed by atoms with Crippen LogP contribution in [0.25, 0.3) is 0 Å². The minimum Gasteiger partial charge on any atom is -0.381 e. The van der Waals surface area contributed by atoms with Crippen LogP contribution in [0.4, 0.5) is 0 Å². The summed E-state index contributed by atoms with van der Waals surface area (Å²) in [5.74, 6) is -0.183. The standard InChI is InChI=1S/C12H15ClN2O2/c1-12(3-6-17-7-4-12)15-11(16)10-8-9(13)2-5-14-10/h2,5,8H,3-4,6-7H2,1H3,(H,15,16). The third-order valence-corrected chi connectivity index (χ3v) is 3.20. The maximum Gasteiger partial charge on any atom is 0.270 e. The first-order chi connectivity index (χ1) is 8.09. The van der Waals surface area contributed by atoms with Crippen LogP contribution >= 0.6 is 11.6 Å². The number of nitrogens with zero attached hydrogens (tertiary/aromatic N) is 1. The van der Waals surface area contributed by atoms with Crippen LogP contribution in [-0.4, -0.2) is 29.6 Å². The first-order valence-corrected chi connectivity index (χ1v) is 5.99. The van der Waals surface area contributed by atoms with Crippen LogP contribution in [-0.2, 0) is 4.74 Å². The van der Waals surface area contributed by atoms with E-state index >= 15 is 0 Å². The fraction of sp³-hybridized carbons (Fsp3) is 0.500. The van der Waals surface area contributed by atoms with Crippen molar-refractivity contribution in [3.63, 3.8) is 0 Å². The van der Waals surface area contributed by atoms with Gasteiger partial charge in [-0.1, -0.05) is 11.6 Å². The third kappa shape index (κ3) is 3.17. The summed E-state index contributed by atoms with van der Waals surface area (Å²) in [5.41, 5.74) is 0.143. The van der Waals surface area contributed by atoms with Crippen LogP contribution in [0.3, 0.4) is 0 Å². The topological polar surface area (TPSA) is 51.2 Å². The fourth-order valence-corrected chi connectivity index (χ4v) is 1.97. The molecule has 0 unspecified atom stereocenters. The van der Waals surface area contributed by atoms with E-state index in [9.17, 15) is 4.79 Å². The van der Waals surface area contributed by atoms with Gasteiger partial charge in [-0.25, -0.2) is 0 Å². The molecule has 1 aromatic heterocycles. The van der Waals surface area contributed by atoms with Crippen molar-refractivity contribution in [3.8, 4) is 0 Å². The lowest BCUT2D eigenvalue weighted by Crippen LogP contribution is -2.49. The van der Waals surface area contributed by atoms with Crippen LogP contribution in [0, 0.1) is 0 Å². The highest BCUT2D eigenvalue weighted by Gasteiger charge is 2.29. The molecule has 2 heterocycles. The molecule has 0 aliphatic carbocycles. The highest BCUT2D eigenvalue weighted by Crippen LogP contribution is 2.20. The van der Waals surface area contributed by atoms with E-state index in [0.717, 1.165) is 12.8 Å². The number of hydrogen-bond donors (Lipinski definition) is 1. The van der Waals surface area contributed by atoms with Gasteiger partial charge in [-0.2, -0.15) is 0 Å². The average Bonchev–Trinajstić information content (AvgIpc) is 2.29. The molecule has 1 aliphatic heterocycles. The first kappa shape index (κ1) is 12.3. The Morgan fingerprint density at radius 3 is 2.88 bits per heavy atom. The van der Waals surface area contributed by atoms with Gasteiger partial charge in [-0.05, 0) is 31.9 Å². The van der Waals surface area contributed by atoms with E-state index in [4.69, 9.17) is 16.3 Å². The van der Waals surface area contributed by atoms with Crippen molar-refractivity contribution in [1.82, 2.24) is 10.3 Å². The van der Waals surface area contributed by atoms with E-state index in [1.165, 1.54) is 6.20 Å². The van der Waals surface area contributed by atoms with Crippen molar-refractivity contribution in [1.29, 1.82) is 0 Å². The monoisotopic (exact) mass is 254 g/mol. The average molecular weight is 255 g/mol. The number of carbonyl (C=O) groups excluding carboxylic acids is 1. The molecule has 5 heteroatoms. The second kappa shape index (κ2) is 5.02. The molecule has 0 spiro atoms. The number of pyridine rings is 1. The molecule has 1 N–H and O–H groups in total. The molecular weight excluding hydrogens is 240 g/mol. The van der Waals surface area contributed by atoms with Gasteiger partial charge in [0, 0.05) is 30.0 Å². The van der Waals surface area contributed by atoms with Crippen LogP contribution in [0.2, 0.25) is 5.02 Å². The zero-order chi connectivity index (χ0) is 12.3. The fourth-order valence-electron chi connectivity index (χ4n) is 1.81. The van der Waals surface area contributed by atoms with Crippen molar-refractivity contribution in [3.05, 3.63) is 29.0 Å². The lowest BCUT2D eigenvalue weighted by Gasteiger charge is -2.34. The Balaban J connectivity index is 2.06. The lowest BCUT2D eigenvalue weighted by molar-refractivity contribution is 0.0421. The smallest absolute Gasteiger partial charge is 0.270 e. The minimum atomic E-state index is -0.209. The van der Waals surface area contributed by atoms with Gasteiger partial charge in [0.05, 0.1) is 0 Å². The quantitative estimate of drug-likeness (QED) is 0.879. The molecule has 2 rings (SSSR count). The molecule has 0 aromatic carbocycles. The molecule has 17 heavy (non-hydrogen) atoms. The van der Waals surface area contributed by atoms with Gasteiger partial charge in [0.2, 0.25) is 0 Å². The summed E-state index contributed by atoms with van der Waals surface area (Å²) in [6, 6.07) is 3.22. The highest BCUT2D eigenvalue weighted by molar-refractivity contribution is 6.30. The van der Waals surface area contributed by atoms with Gasteiger partial charge < -0.3 is 10.1 Å². The Morgan fingerprint density at radius 1 is 1.53 bits per heavy atom. The number of halogens is 1. The maximum atomic E-state index is 12.0. The largest absolute Gasteiger partial charge is 0.381 e. The zero-order valence-corrected chi connectivity index (χ0v) is 10.5. The maximum absolute atomic E-state index is 12.0. The third-order valence-electron chi connectivity index (χ3n) is 2.97. The number of aromatic nitrogens is 1. The minimum absolute atomic E-state index is 0.183. The molecule has 0 radical (unpaired) electrons. The number of amides is 1. The summed E-state index contributed by atoms with van der Waals surface area (Å²) in [6.07, 6.45) is 3.17. The SMILES string of the molecule is CC1(NC(=O)c2cc(Cl)ccn2)CCOCC1. The predicted octanol–water partition coefficient (Wildman–Crippen LogP) is 2.03. The van der Waals surface area contributed by atoms with E-state index in [1.54, 1.807) is 12.1 Å². The molecule has 0 atom stereocenters. The van der Waals surface area contributed by atoms with Gasteiger partial charge in [0.25, 0.3) is 5.91 Å². The van der Waals surface area contributed by atoms with Crippen LogP contribution in [0.1, 0.15) is 30.3 Å². The van der Waals surface area contributed by atoms with Gasteiger partial charge in [-0.15, -0.1) is 0 Å². The van der Waals surface area contributed by atoms with Crippen molar-refractivity contribution < 1.29 is 9.53 Å². The number of nitrogens with one attached hydrogen (secondary N) is 1. The van der Waals surface area contributed by atoms with Crippen molar-refractivity contribution in [2.45, 2.75) is 25.3 Å². The van der Waals surface area contributed by atoms with E-state index in [-0.39, 0.29) is 11.4 Å². The molecule has 4 nitrogen and oxygen atoms in total. The summed E-state index contributed by atoms with van der Waals surface area (Å²) in [7, 11) is 0. The molecule has 1 aromatic rings. The van der Waals surface area contributed by atoms with Gasteiger partial charge >= 0.3 is 0 Å². The van der Waals surface area contributed by atoms with Gasteiger partial charge in [0.1, 0.15) is 5.69 Å².